The van der Waals surface area contributed by atoms with Crippen molar-refractivity contribution in [1.82, 2.24) is 10.2 Å². The van der Waals surface area contributed by atoms with Crippen LogP contribution in [-0.4, -0.2) is 49.9 Å². The van der Waals surface area contributed by atoms with Gasteiger partial charge < -0.3 is 20.1 Å². The summed E-state index contributed by atoms with van der Waals surface area (Å²) < 4.78 is 11.2. The molecule has 6 nitrogen and oxygen atoms in total. The zero-order valence-electron chi connectivity index (χ0n) is 15.7. The van der Waals surface area contributed by atoms with Gasteiger partial charge in [0.25, 0.3) is 0 Å². The average Bonchev–Trinajstić information content (AvgIpc) is 2.68. The lowest BCUT2D eigenvalue weighted by Crippen LogP contribution is -2.47. The van der Waals surface area contributed by atoms with Gasteiger partial charge in [-0.1, -0.05) is 36.4 Å². The molecule has 3 rings (SSSR count). The van der Waals surface area contributed by atoms with Crippen LogP contribution < -0.4 is 15.4 Å². The van der Waals surface area contributed by atoms with E-state index in [9.17, 15) is 4.79 Å². The number of carbonyl (C=O) groups excluding carboxylic acids is 1. The first-order valence-electron chi connectivity index (χ1n) is 9.38. The smallest absolute Gasteiger partial charge is 0.319 e. The van der Waals surface area contributed by atoms with Gasteiger partial charge in [-0.25, -0.2) is 4.79 Å². The van der Waals surface area contributed by atoms with Crippen LogP contribution in [-0.2, 0) is 11.3 Å². The second kappa shape index (κ2) is 9.94. The van der Waals surface area contributed by atoms with Gasteiger partial charge in [-0.05, 0) is 24.6 Å². The lowest BCUT2D eigenvalue weighted by molar-refractivity contribution is -0.0285. The van der Waals surface area contributed by atoms with E-state index in [-0.39, 0.29) is 12.1 Å². The predicted molar refractivity (Wildman–Crippen MR) is 106 cm³/mol. The van der Waals surface area contributed by atoms with Gasteiger partial charge in [0.05, 0.1) is 19.3 Å². The van der Waals surface area contributed by atoms with Crippen LogP contribution >= 0.6 is 0 Å². The zero-order valence-corrected chi connectivity index (χ0v) is 15.7. The fourth-order valence-electron chi connectivity index (χ4n) is 3.10. The van der Waals surface area contributed by atoms with Crippen LogP contribution in [0.2, 0.25) is 0 Å². The van der Waals surface area contributed by atoms with Crippen LogP contribution in [0.15, 0.2) is 54.6 Å². The van der Waals surface area contributed by atoms with E-state index >= 15 is 0 Å². The summed E-state index contributed by atoms with van der Waals surface area (Å²) in [5, 5.41) is 5.73. The molecular weight excluding hydrogens is 342 g/mol. The van der Waals surface area contributed by atoms with Crippen molar-refractivity contribution in [2.45, 2.75) is 19.6 Å². The number of rotatable bonds is 7. The van der Waals surface area contributed by atoms with E-state index in [1.54, 1.807) is 0 Å². The fourth-order valence-corrected chi connectivity index (χ4v) is 3.10. The average molecular weight is 369 g/mol. The van der Waals surface area contributed by atoms with Gasteiger partial charge in [0, 0.05) is 37.9 Å². The van der Waals surface area contributed by atoms with Gasteiger partial charge in [0.1, 0.15) is 5.75 Å². The number of benzene rings is 2. The van der Waals surface area contributed by atoms with E-state index in [1.807, 2.05) is 37.3 Å². The number of hydrogen-bond donors (Lipinski definition) is 2. The van der Waals surface area contributed by atoms with Crippen LogP contribution in [0.1, 0.15) is 12.5 Å². The van der Waals surface area contributed by atoms with Crippen molar-refractivity contribution >= 4 is 11.7 Å². The molecule has 2 aromatic carbocycles. The quantitative estimate of drug-likeness (QED) is 0.787. The number of anilines is 1. The van der Waals surface area contributed by atoms with Gasteiger partial charge in [0.2, 0.25) is 0 Å². The Morgan fingerprint density at radius 2 is 2.07 bits per heavy atom. The van der Waals surface area contributed by atoms with Crippen molar-refractivity contribution in [1.29, 1.82) is 0 Å². The van der Waals surface area contributed by atoms with Crippen molar-refractivity contribution in [3.63, 3.8) is 0 Å². The van der Waals surface area contributed by atoms with E-state index in [4.69, 9.17) is 9.47 Å². The Bertz CT molecular complexity index is 724. The second-order valence-electron chi connectivity index (χ2n) is 6.51. The molecule has 0 aliphatic carbocycles. The standard InChI is InChI=1S/C21H27N3O3/c1-2-26-19-10-6-9-18(13-19)23-21(25)22-14-20-16-24(11-12-27-20)15-17-7-4-3-5-8-17/h3-10,13,20H,2,11-12,14-16H2,1H3,(H2,22,23,25). The van der Waals surface area contributed by atoms with Gasteiger partial charge in [0.15, 0.2) is 0 Å². The van der Waals surface area contributed by atoms with E-state index in [0.717, 1.165) is 25.4 Å². The minimum absolute atomic E-state index is 0.0111. The second-order valence-corrected chi connectivity index (χ2v) is 6.51. The van der Waals surface area contributed by atoms with Crippen molar-refractivity contribution in [3.05, 3.63) is 60.2 Å². The molecule has 6 heteroatoms. The SMILES string of the molecule is CCOc1cccc(NC(=O)NCC2CN(Cc3ccccc3)CCO2)c1. The molecule has 2 N–H and O–H groups in total. The topological polar surface area (TPSA) is 62.8 Å². The number of hydrogen-bond acceptors (Lipinski definition) is 4. The predicted octanol–water partition coefficient (Wildman–Crippen LogP) is 3.11. The molecule has 1 aliphatic heterocycles. The Kier molecular flexibility index (Phi) is 7.07. The maximum Gasteiger partial charge on any atom is 0.319 e. The minimum Gasteiger partial charge on any atom is -0.494 e. The molecule has 1 aliphatic rings. The molecule has 1 atom stereocenters. The van der Waals surface area contributed by atoms with Crippen LogP contribution in [0, 0.1) is 0 Å². The van der Waals surface area contributed by atoms with E-state index in [0.29, 0.717) is 25.4 Å². The van der Waals surface area contributed by atoms with Crippen LogP contribution in [0.25, 0.3) is 0 Å². The Morgan fingerprint density at radius 3 is 2.89 bits per heavy atom. The number of nitrogens with zero attached hydrogens (tertiary/aromatic N) is 1. The lowest BCUT2D eigenvalue weighted by atomic mass is 10.2. The Balaban J connectivity index is 1.43. The number of carbonyl (C=O) groups is 1. The Morgan fingerprint density at radius 1 is 1.22 bits per heavy atom. The van der Waals surface area contributed by atoms with Crippen LogP contribution in [0.4, 0.5) is 10.5 Å². The van der Waals surface area contributed by atoms with E-state index in [1.165, 1.54) is 5.56 Å². The maximum absolute atomic E-state index is 12.2. The molecule has 0 radical (unpaired) electrons. The molecule has 1 saturated heterocycles. The molecule has 1 unspecified atom stereocenters. The van der Waals surface area contributed by atoms with Crippen molar-refractivity contribution < 1.29 is 14.3 Å². The summed E-state index contributed by atoms with van der Waals surface area (Å²) in [5.41, 5.74) is 1.99. The van der Waals surface area contributed by atoms with Gasteiger partial charge in [-0.3, -0.25) is 4.90 Å². The third kappa shape index (κ3) is 6.27. The number of ether oxygens (including phenoxy) is 2. The van der Waals surface area contributed by atoms with Crippen LogP contribution in [0.3, 0.4) is 0 Å². The first kappa shape index (κ1) is 19.2. The third-order valence-corrected chi connectivity index (χ3v) is 4.37. The molecule has 2 aromatic rings. The van der Waals surface area contributed by atoms with Crippen LogP contribution in [0.5, 0.6) is 5.75 Å². The summed E-state index contributed by atoms with van der Waals surface area (Å²) in [7, 11) is 0. The number of urea groups is 1. The van der Waals surface area contributed by atoms with Gasteiger partial charge in [-0.15, -0.1) is 0 Å². The summed E-state index contributed by atoms with van der Waals surface area (Å²) in [6.45, 7) is 6.28. The highest BCUT2D eigenvalue weighted by Crippen LogP contribution is 2.17. The summed E-state index contributed by atoms with van der Waals surface area (Å²) in [5.74, 6) is 0.738. The van der Waals surface area contributed by atoms with Crippen molar-refractivity contribution in [2.24, 2.45) is 0 Å². The Labute approximate surface area is 160 Å². The monoisotopic (exact) mass is 369 g/mol. The van der Waals surface area contributed by atoms with Gasteiger partial charge >= 0.3 is 6.03 Å². The first-order valence-corrected chi connectivity index (χ1v) is 9.38. The lowest BCUT2D eigenvalue weighted by Gasteiger charge is -2.33. The number of morpholine rings is 1. The number of amides is 2. The highest BCUT2D eigenvalue weighted by molar-refractivity contribution is 5.89. The molecule has 144 valence electrons. The zero-order chi connectivity index (χ0) is 18.9. The normalized spacial score (nSPS) is 17.3. The summed E-state index contributed by atoms with van der Waals surface area (Å²) in [6, 6.07) is 17.5. The summed E-state index contributed by atoms with van der Waals surface area (Å²) in [4.78, 5) is 14.5. The first-order chi connectivity index (χ1) is 13.2. The molecule has 1 heterocycles. The highest BCUT2D eigenvalue weighted by atomic mass is 16.5. The molecular formula is C21H27N3O3. The largest absolute Gasteiger partial charge is 0.494 e. The van der Waals surface area contributed by atoms with Crippen molar-refractivity contribution in [2.75, 3.05) is 38.2 Å². The molecule has 0 spiro atoms. The fraction of sp³-hybridized carbons (Fsp3) is 0.381. The van der Waals surface area contributed by atoms with E-state index < -0.39 is 0 Å². The number of nitrogens with one attached hydrogen (secondary N) is 2. The Hall–Kier alpha value is -2.57. The van der Waals surface area contributed by atoms with E-state index in [2.05, 4.69) is 39.8 Å². The highest BCUT2D eigenvalue weighted by Gasteiger charge is 2.21. The molecule has 0 aromatic heterocycles. The third-order valence-electron chi connectivity index (χ3n) is 4.37. The molecule has 0 saturated carbocycles. The minimum atomic E-state index is -0.243. The molecule has 0 bridgehead atoms. The maximum atomic E-state index is 12.2. The molecule has 27 heavy (non-hydrogen) atoms. The molecule has 2 amide bonds. The molecule has 1 fully saturated rings. The summed E-state index contributed by atoms with van der Waals surface area (Å²) >= 11 is 0. The summed E-state index contributed by atoms with van der Waals surface area (Å²) in [6.07, 6.45) is -0.0111. The van der Waals surface area contributed by atoms with Gasteiger partial charge in [-0.2, -0.15) is 0 Å². The van der Waals surface area contributed by atoms with Crippen molar-refractivity contribution in [3.8, 4) is 5.75 Å².